The smallest absolute Gasteiger partial charge is 0.252 e. The third-order valence-corrected chi connectivity index (χ3v) is 4.87. The monoisotopic (exact) mass is 392 g/mol. The van der Waals surface area contributed by atoms with Crippen LogP contribution in [0.2, 0.25) is 0 Å². The minimum absolute atomic E-state index is 0.0964. The van der Waals surface area contributed by atoms with Gasteiger partial charge >= 0.3 is 0 Å². The maximum Gasteiger partial charge on any atom is 0.252 e. The van der Waals surface area contributed by atoms with Crippen LogP contribution >= 0.6 is 0 Å². The van der Waals surface area contributed by atoms with Crippen LogP contribution in [0.1, 0.15) is 30.1 Å². The normalized spacial score (nSPS) is 16.0. The van der Waals surface area contributed by atoms with Crippen LogP contribution < -0.4 is 10.1 Å². The molecule has 0 unspecified atom stereocenters. The van der Waals surface area contributed by atoms with Gasteiger partial charge in [-0.25, -0.2) is 4.98 Å². The minimum atomic E-state index is -0.156. The number of hydrogen-bond donors (Lipinski definition) is 1. The van der Waals surface area contributed by atoms with E-state index in [-0.39, 0.29) is 12.0 Å². The summed E-state index contributed by atoms with van der Waals surface area (Å²) >= 11 is 0. The lowest BCUT2D eigenvalue weighted by molar-refractivity contribution is 0.0858. The van der Waals surface area contributed by atoms with Crippen LogP contribution in [0.15, 0.2) is 59.1 Å². The van der Waals surface area contributed by atoms with Crippen molar-refractivity contribution in [1.82, 2.24) is 10.3 Å². The molecule has 0 aliphatic carbocycles. The molecule has 150 valence electrons. The highest BCUT2D eigenvalue weighted by Crippen LogP contribution is 2.29. The van der Waals surface area contributed by atoms with E-state index in [0.29, 0.717) is 35.9 Å². The molecule has 0 bridgehead atoms. The number of rotatable bonds is 7. The number of benzene rings is 2. The fraction of sp³-hybridized carbons (Fsp3) is 0.304. The quantitative estimate of drug-likeness (QED) is 0.648. The third-order valence-electron chi connectivity index (χ3n) is 4.87. The van der Waals surface area contributed by atoms with Crippen molar-refractivity contribution in [3.05, 3.63) is 60.3 Å². The van der Waals surface area contributed by atoms with Crippen molar-refractivity contribution >= 4 is 5.91 Å². The number of aromatic nitrogens is 1. The zero-order valence-corrected chi connectivity index (χ0v) is 16.4. The van der Waals surface area contributed by atoms with Gasteiger partial charge in [-0.3, -0.25) is 4.79 Å². The van der Waals surface area contributed by atoms with E-state index >= 15 is 0 Å². The van der Waals surface area contributed by atoms with E-state index in [2.05, 4.69) is 10.3 Å². The Balaban J connectivity index is 1.52. The Bertz CT molecular complexity index is 959. The Morgan fingerprint density at radius 3 is 2.79 bits per heavy atom. The number of nitrogens with zero attached hydrogens (tertiary/aromatic N) is 1. The van der Waals surface area contributed by atoms with Crippen LogP contribution in [0.4, 0.5) is 0 Å². The summed E-state index contributed by atoms with van der Waals surface area (Å²) in [6.07, 6.45) is 3.79. The third kappa shape index (κ3) is 4.49. The number of hydrogen-bond acceptors (Lipinski definition) is 5. The average Bonchev–Trinajstić information content (AvgIpc) is 3.45. The van der Waals surface area contributed by atoms with Crippen LogP contribution in [-0.2, 0) is 4.74 Å². The summed E-state index contributed by atoms with van der Waals surface area (Å²) in [6, 6.07) is 15.0. The largest absolute Gasteiger partial charge is 0.494 e. The lowest BCUT2D eigenvalue weighted by Crippen LogP contribution is -2.32. The topological polar surface area (TPSA) is 73.6 Å². The lowest BCUT2D eigenvalue weighted by atomic mass is 10.1. The predicted molar refractivity (Wildman–Crippen MR) is 110 cm³/mol. The standard InChI is InChI=1S/C23H24N2O4/c1-2-27-17-11-9-16(10-12-17)21-15-25-23(29-21)20-8-4-3-7-19(20)22(26)24-14-18-6-5-13-28-18/h3-4,7-12,15,18H,2,5-6,13-14H2,1H3,(H,24,26)/t18-/m0/s1. The maximum atomic E-state index is 12.7. The van der Waals surface area contributed by atoms with Crippen LogP contribution in [0.25, 0.3) is 22.8 Å². The highest BCUT2D eigenvalue weighted by molar-refractivity contribution is 6.00. The number of amides is 1. The van der Waals surface area contributed by atoms with Crippen molar-refractivity contribution in [3.8, 4) is 28.5 Å². The van der Waals surface area contributed by atoms with Crippen molar-refractivity contribution in [1.29, 1.82) is 0 Å². The van der Waals surface area contributed by atoms with Gasteiger partial charge < -0.3 is 19.2 Å². The molecule has 29 heavy (non-hydrogen) atoms. The molecule has 2 aromatic carbocycles. The van der Waals surface area contributed by atoms with Gasteiger partial charge in [0.1, 0.15) is 5.75 Å². The minimum Gasteiger partial charge on any atom is -0.494 e. The molecule has 4 rings (SSSR count). The first-order valence-electron chi connectivity index (χ1n) is 9.93. The summed E-state index contributed by atoms with van der Waals surface area (Å²) in [5, 5.41) is 2.96. The van der Waals surface area contributed by atoms with Crippen molar-refractivity contribution in [3.63, 3.8) is 0 Å². The molecule has 1 aliphatic rings. The van der Waals surface area contributed by atoms with E-state index in [1.807, 2.05) is 49.4 Å². The Morgan fingerprint density at radius 2 is 2.03 bits per heavy atom. The molecule has 1 fully saturated rings. The molecule has 1 atom stereocenters. The summed E-state index contributed by atoms with van der Waals surface area (Å²) in [4.78, 5) is 17.1. The molecule has 3 aromatic rings. The van der Waals surface area contributed by atoms with Crippen LogP contribution in [0.5, 0.6) is 5.75 Å². The van der Waals surface area contributed by atoms with E-state index < -0.39 is 0 Å². The second-order valence-electron chi connectivity index (χ2n) is 6.88. The zero-order valence-electron chi connectivity index (χ0n) is 16.4. The fourth-order valence-corrected chi connectivity index (χ4v) is 3.39. The average molecular weight is 392 g/mol. The van der Waals surface area contributed by atoms with Gasteiger partial charge in [0.15, 0.2) is 5.76 Å². The summed E-state index contributed by atoms with van der Waals surface area (Å²) in [5.74, 6) is 1.70. The summed E-state index contributed by atoms with van der Waals surface area (Å²) < 4.78 is 17.0. The SMILES string of the molecule is CCOc1ccc(-c2cnc(-c3ccccc3C(=O)NC[C@@H]3CCCO3)o2)cc1. The number of carbonyl (C=O) groups excluding carboxylic acids is 1. The predicted octanol–water partition coefficient (Wildman–Crippen LogP) is 4.32. The highest BCUT2D eigenvalue weighted by Gasteiger charge is 2.20. The van der Waals surface area contributed by atoms with Gasteiger partial charge in [0.05, 0.1) is 24.5 Å². The highest BCUT2D eigenvalue weighted by atomic mass is 16.5. The van der Waals surface area contributed by atoms with Crippen LogP contribution in [0, 0.1) is 0 Å². The molecular weight excluding hydrogens is 368 g/mol. The zero-order chi connectivity index (χ0) is 20.1. The molecule has 0 radical (unpaired) electrons. The Kier molecular flexibility index (Phi) is 5.91. The fourth-order valence-electron chi connectivity index (χ4n) is 3.39. The molecule has 1 aliphatic heterocycles. The summed E-state index contributed by atoms with van der Waals surface area (Å²) in [5.41, 5.74) is 2.09. The molecular formula is C23H24N2O4. The van der Waals surface area contributed by atoms with Gasteiger partial charge in [-0.05, 0) is 56.2 Å². The van der Waals surface area contributed by atoms with Gasteiger partial charge in [-0.2, -0.15) is 0 Å². The van der Waals surface area contributed by atoms with Gasteiger partial charge in [0.2, 0.25) is 5.89 Å². The molecule has 2 heterocycles. The Hall–Kier alpha value is -3.12. The Labute approximate surface area is 169 Å². The summed E-state index contributed by atoms with van der Waals surface area (Å²) in [7, 11) is 0. The number of oxazole rings is 1. The Morgan fingerprint density at radius 1 is 1.21 bits per heavy atom. The first-order chi connectivity index (χ1) is 14.2. The molecule has 1 N–H and O–H groups in total. The van der Waals surface area contributed by atoms with E-state index in [4.69, 9.17) is 13.9 Å². The van der Waals surface area contributed by atoms with Gasteiger partial charge in [0.25, 0.3) is 5.91 Å². The first kappa shape index (κ1) is 19.2. The van der Waals surface area contributed by atoms with Gasteiger partial charge in [0, 0.05) is 24.3 Å². The van der Waals surface area contributed by atoms with Gasteiger partial charge in [-0.15, -0.1) is 0 Å². The number of ether oxygens (including phenoxy) is 2. The van der Waals surface area contributed by atoms with Crippen LogP contribution in [0.3, 0.4) is 0 Å². The second-order valence-corrected chi connectivity index (χ2v) is 6.88. The molecule has 1 saturated heterocycles. The lowest BCUT2D eigenvalue weighted by Gasteiger charge is -2.12. The van der Waals surface area contributed by atoms with E-state index in [1.54, 1.807) is 12.3 Å². The maximum absolute atomic E-state index is 12.7. The molecule has 1 amide bonds. The van der Waals surface area contributed by atoms with Crippen molar-refractivity contribution < 1.29 is 18.7 Å². The second kappa shape index (κ2) is 8.92. The molecule has 1 aromatic heterocycles. The van der Waals surface area contributed by atoms with Crippen LogP contribution in [-0.4, -0.2) is 36.8 Å². The number of carbonyl (C=O) groups is 1. The first-order valence-corrected chi connectivity index (χ1v) is 9.93. The van der Waals surface area contributed by atoms with Gasteiger partial charge in [-0.1, -0.05) is 12.1 Å². The molecule has 6 heteroatoms. The van der Waals surface area contributed by atoms with E-state index in [1.165, 1.54) is 0 Å². The molecule has 0 spiro atoms. The van der Waals surface area contributed by atoms with Crippen molar-refractivity contribution in [2.45, 2.75) is 25.9 Å². The van der Waals surface area contributed by atoms with Crippen molar-refractivity contribution in [2.24, 2.45) is 0 Å². The number of nitrogens with one attached hydrogen (secondary N) is 1. The van der Waals surface area contributed by atoms with E-state index in [9.17, 15) is 4.79 Å². The van der Waals surface area contributed by atoms with E-state index in [0.717, 1.165) is 30.8 Å². The van der Waals surface area contributed by atoms with Crippen molar-refractivity contribution in [2.75, 3.05) is 19.8 Å². The molecule has 6 nitrogen and oxygen atoms in total. The molecule has 0 saturated carbocycles. The summed E-state index contributed by atoms with van der Waals surface area (Å²) in [6.45, 7) is 3.85.